The summed E-state index contributed by atoms with van der Waals surface area (Å²) in [6.45, 7) is 5.13. The molecule has 0 radical (unpaired) electrons. The van der Waals surface area contributed by atoms with E-state index in [0.29, 0.717) is 28.7 Å². The summed E-state index contributed by atoms with van der Waals surface area (Å²) >= 11 is 0. The van der Waals surface area contributed by atoms with Crippen molar-refractivity contribution in [1.29, 1.82) is 0 Å². The van der Waals surface area contributed by atoms with E-state index >= 15 is 0 Å². The molecule has 0 fully saturated rings. The highest BCUT2D eigenvalue weighted by Crippen LogP contribution is 2.34. The van der Waals surface area contributed by atoms with E-state index in [9.17, 15) is 18.3 Å². The van der Waals surface area contributed by atoms with Crippen LogP contribution >= 0.6 is 0 Å². The number of hydrogen-bond acceptors (Lipinski definition) is 8. The zero-order chi connectivity index (χ0) is 25.1. The lowest BCUT2D eigenvalue weighted by Gasteiger charge is -2.27. The maximum absolute atomic E-state index is 12.5. The van der Waals surface area contributed by atoms with Gasteiger partial charge in [-0.25, -0.2) is 15.0 Å². The monoisotopic (exact) mass is 480 g/mol. The fourth-order valence-electron chi connectivity index (χ4n) is 3.04. The van der Waals surface area contributed by atoms with Gasteiger partial charge in [0.25, 0.3) is 0 Å². The third-order valence-corrected chi connectivity index (χ3v) is 5.28. The Kier molecular flexibility index (Phi) is 7.47. The molecule has 34 heavy (non-hydrogen) atoms. The van der Waals surface area contributed by atoms with Crippen LogP contribution in [-0.2, 0) is 16.9 Å². The quantitative estimate of drug-likeness (QED) is 0.434. The van der Waals surface area contributed by atoms with Crippen molar-refractivity contribution in [3.63, 3.8) is 0 Å². The first-order valence-corrected chi connectivity index (χ1v) is 10.5. The van der Waals surface area contributed by atoms with Gasteiger partial charge in [-0.2, -0.15) is 13.2 Å². The molecule has 0 amide bonds. The van der Waals surface area contributed by atoms with Crippen molar-refractivity contribution in [1.82, 2.24) is 15.0 Å². The highest BCUT2D eigenvalue weighted by atomic mass is 19.4. The Hall–Kier alpha value is -3.18. The van der Waals surface area contributed by atoms with Gasteiger partial charge in [0.05, 0.1) is 36.9 Å². The highest BCUT2D eigenvalue weighted by molar-refractivity contribution is 5.70. The summed E-state index contributed by atoms with van der Waals surface area (Å²) in [7, 11) is 1.51. The van der Waals surface area contributed by atoms with Crippen LogP contribution < -0.4 is 10.1 Å². The lowest BCUT2D eigenvalue weighted by atomic mass is 9.89. The van der Waals surface area contributed by atoms with E-state index in [-0.39, 0.29) is 23.3 Å². The van der Waals surface area contributed by atoms with E-state index in [0.717, 1.165) is 0 Å². The lowest BCUT2D eigenvalue weighted by molar-refractivity contribution is -0.176. The average molecular weight is 480 g/mol. The number of halogens is 3. The molecule has 3 rings (SSSR count). The number of rotatable bonds is 9. The molecule has 3 aromatic rings. The summed E-state index contributed by atoms with van der Waals surface area (Å²) < 4.78 is 53.3. The second-order valence-corrected chi connectivity index (χ2v) is 8.26. The maximum atomic E-state index is 12.5. The molecule has 2 heterocycles. The molecule has 8 nitrogen and oxygen atoms in total. The van der Waals surface area contributed by atoms with Gasteiger partial charge in [-0.05, 0) is 31.0 Å². The van der Waals surface area contributed by atoms with Crippen molar-refractivity contribution in [2.24, 2.45) is 5.92 Å². The molecule has 2 aromatic heterocycles. The number of ether oxygens (including phenoxy) is 2. The molecule has 0 aliphatic heterocycles. The van der Waals surface area contributed by atoms with Crippen LogP contribution in [0.2, 0.25) is 0 Å². The number of alkyl halides is 3. The van der Waals surface area contributed by atoms with Crippen molar-refractivity contribution in [3.8, 4) is 17.1 Å². The molecule has 1 aromatic carbocycles. The van der Waals surface area contributed by atoms with Crippen LogP contribution in [-0.4, -0.2) is 40.0 Å². The summed E-state index contributed by atoms with van der Waals surface area (Å²) in [4.78, 5) is 12.8. The molecule has 0 aliphatic carbocycles. The second-order valence-electron chi connectivity index (χ2n) is 8.26. The van der Waals surface area contributed by atoms with Gasteiger partial charge in [0.2, 0.25) is 5.95 Å². The zero-order valence-corrected chi connectivity index (χ0v) is 19.5. The molecule has 0 spiro atoms. The predicted molar refractivity (Wildman–Crippen MR) is 119 cm³/mol. The van der Waals surface area contributed by atoms with Crippen LogP contribution in [0.1, 0.15) is 38.0 Å². The Bertz CT molecular complexity index is 1130. The number of benzene rings is 1. The summed E-state index contributed by atoms with van der Waals surface area (Å²) in [5, 5.41) is 13.9. The summed E-state index contributed by atoms with van der Waals surface area (Å²) in [6, 6.07) is 6.65. The van der Waals surface area contributed by atoms with Gasteiger partial charge in [-0.1, -0.05) is 13.8 Å². The normalized spacial score (nSPS) is 13.7. The number of aliphatic hydroxyl groups is 1. The largest absolute Gasteiger partial charge is 0.496 e. The standard InChI is InChI=1S/C23H27F3N4O4/c1-13(2)22(4,31)20-9-16(11-33-12-23(24,25)26)29-21(30-20)28-15-6-7-17(18(8-15)32-5)19-10-27-14(3)34-19/h6-10,13,31H,11-12H2,1-5H3,(H,28,29,30). The summed E-state index contributed by atoms with van der Waals surface area (Å²) in [5.74, 6) is 1.43. The first-order valence-electron chi connectivity index (χ1n) is 10.5. The third kappa shape index (κ3) is 6.23. The first kappa shape index (κ1) is 25.4. The zero-order valence-electron chi connectivity index (χ0n) is 19.5. The molecule has 0 saturated heterocycles. The smallest absolute Gasteiger partial charge is 0.411 e. The SMILES string of the molecule is COc1cc(Nc2nc(COCC(F)(F)F)cc(C(C)(O)C(C)C)n2)ccc1-c1cnc(C)o1. The molecule has 1 unspecified atom stereocenters. The predicted octanol–water partition coefficient (Wildman–Crippen LogP) is 5.13. The number of nitrogens with zero attached hydrogens (tertiary/aromatic N) is 3. The minimum absolute atomic E-state index is 0.0920. The Morgan fingerprint density at radius 3 is 2.50 bits per heavy atom. The molecule has 0 saturated carbocycles. The number of hydrogen-bond donors (Lipinski definition) is 2. The Labute approximate surface area is 195 Å². The lowest BCUT2D eigenvalue weighted by Crippen LogP contribution is -2.30. The van der Waals surface area contributed by atoms with Crippen LogP contribution in [0, 0.1) is 12.8 Å². The first-order chi connectivity index (χ1) is 15.9. The molecule has 1 atom stereocenters. The number of anilines is 2. The average Bonchev–Trinajstić information content (AvgIpc) is 3.18. The molecule has 0 aliphatic rings. The van der Waals surface area contributed by atoms with Gasteiger partial charge in [-0.15, -0.1) is 0 Å². The summed E-state index contributed by atoms with van der Waals surface area (Å²) in [5.41, 5.74) is 0.349. The van der Waals surface area contributed by atoms with E-state index in [1.165, 1.54) is 13.2 Å². The van der Waals surface area contributed by atoms with Crippen molar-refractivity contribution in [2.75, 3.05) is 19.0 Å². The van der Waals surface area contributed by atoms with Gasteiger partial charge < -0.3 is 24.3 Å². The Morgan fingerprint density at radius 2 is 1.91 bits per heavy atom. The summed E-state index contributed by atoms with van der Waals surface area (Å²) in [6.07, 6.45) is -2.87. The Balaban J connectivity index is 1.92. The number of methoxy groups -OCH3 is 1. The fraction of sp³-hybridized carbons (Fsp3) is 0.435. The van der Waals surface area contributed by atoms with Crippen molar-refractivity contribution in [2.45, 2.75) is 46.1 Å². The number of nitrogens with one attached hydrogen (secondary N) is 1. The minimum Gasteiger partial charge on any atom is -0.496 e. The third-order valence-electron chi connectivity index (χ3n) is 5.28. The molecular formula is C23H27F3N4O4. The number of aryl methyl sites for hydroxylation is 1. The molecule has 11 heteroatoms. The number of aromatic nitrogens is 3. The topological polar surface area (TPSA) is 103 Å². The van der Waals surface area contributed by atoms with E-state index in [4.69, 9.17) is 13.9 Å². The molecule has 184 valence electrons. The van der Waals surface area contributed by atoms with Gasteiger partial charge in [-0.3, -0.25) is 0 Å². The maximum Gasteiger partial charge on any atom is 0.411 e. The van der Waals surface area contributed by atoms with Gasteiger partial charge in [0.15, 0.2) is 11.7 Å². The van der Waals surface area contributed by atoms with Crippen LogP contribution in [0.3, 0.4) is 0 Å². The van der Waals surface area contributed by atoms with Crippen LogP contribution in [0.4, 0.5) is 24.8 Å². The van der Waals surface area contributed by atoms with Crippen LogP contribution in [0.25, 0.3) is 11.3 Å². The van der Waals surface area contributed by atoms with E-state index in [1.807, 2.05) is 13.8 Å². The van der Waals surface area contributed by atoms with Gasteiger partial charge >= 0.3 is 6.18 Å². The van der Waals surface area contributed by atoms with Crippen LogP contribution in [0.15, 0.2) is 34.9 Å². The van der Waals surface area contributed by atoms with E-state index in [1.54, 1.807) is 38.2 Å². The molecule has 2 N–H and O–H groups in total. The van der Waals surface area contributed by atoms with Crippen LogP contribution in [0.5, 0.6) is 5.75 Å². The second kappa shape index (κ2) is 9.98. The van der Waals surface area contributed by atoms with Crippen molar-refractivity contribution < 1.29 is 32.2 Å². The fourth-order valence-corrected chi connectivity index (χ4v) is 3.04. The van der Waals surface area contributed by atoms with Crippen molar-refractivity contribution >= 4 is 11.6 Å². The molecular weight excluding hydrogens is 453 g/mol. The van der Waals surface area contributed by atoms with Gasteiger partial charge in [0.1, 0.15) is 18.0 Å². The van der Waals surface area contributed by atoms with E-state index in [2.05, 4.69) is 20.3 Å². The Morgan fingerprint density at radius 1 is 1.18 bits per heavy atom. The highest BCUT2D eigenvalue weighted by Gasteiger charge is 2.31. The van der Waals surface area contributed by atoms with Gasteiger partial charge in [0, 0.05) is 18.7 Å². The van der Waals surface area contributed by atoms with E-state index < -0.39 is 25.0 Å². The number of oxazole rings is 1. The van der Waals surface area contributed by atoms with Crippen molar-refractivity contribution in [3.05, 3.63) is 47.7 Å². The molecule has 0 bridgehead atoms. The minimum atomic E-state index is -4.46.